The molecule has 0 aromatic heterocycles. The molecule has 0 saturated heterocycles. The average Bonchev–Trinajstić information content (AvgIpc) is 2.22. The van der Waals surface area contributed by atoms with Gasteiger partial charge in [0.15, 0.2) is 0 Å². The van der Waals surface area contributed by atoms with Crippen molar-refractivity contribution in [2.24, 2.45) is 11.8 Å². The molecule has 0 radical (unpaired) electrons. The van der Waals surface area contributed by atoms with Crippen molar-refractivity contribution in [3.63, 3.8) is 0 Å². The molecule has 84 valence electrons. The first kappa shape index (κ1) is 13.7. The molecule has 2 atom stereocenters. The van der Waals surface area contributed by atoms with Crippen molar-refractivity contribution in [3.05, 3.63) is 0 Å². The lowest BCUT2D eigenvalue weighted by Gasteiger charge is -2.15. The van der Waals surface area contributed by atoms with Crippen LogP contribution in [0, 0.1) is 5.92 Å². The molecule has 0 aromatic carbocycles. The minimum atomic E-state index is -0.123. The predicted molar refractivity (Wildman–Crippen MR) is 59.7 cm³/mol. The SMILES string of the molecule is CCCC(SCC(C)CO)C(=O)NN. The Morgan fingerprint density at radius 2 is 2.29 bits per heavy atom. The van der Waals surface area contributed by atoms with Crippen molar-refractivity contribution >= 4 is 17.7 Å². The van der Waals surface area contributed by atoms with Crippen LogP contribution in [0.3, 0.4) is 0 Å². The van der Waals surface area contributed by atoms with E-state index in [0.29, 0.717) is 0 Å². The van der Waals surface area contributed by atoms with Gasteiger partial charge >= 0.3 is 0 Å². The van der Waals surface area contributed by atoms with Gasteiger partial charge in [0, 0.05) is 6.61 Å². The first-order chi connectivity index (χ1) is 6.65. The topological polar surface area (TPSA) is 75.3 Å². The Balaban J connectivity index is 3.90. The Morgan fingerprint density at radius 3 is 2.71 bits per heavy atom. The summed E-state index contributed by atoms with van der Waals surface area (Å²) < 4.78 is 0. The van der Waals surface area contributed by atoms with Gasteiger partial charge in [-0.3, -0.25) is 10.2 Å². The summed E-state index contributed by atoms with van der Waals surface area (Å²) in [6.07, 6.45) is 1.78. The molecule has 14 heavy (non-hydrogen) atoms. The molecule has 0 saturated carbocycles. The van der Waals surface area contributed by atoms with Gasteiger partial charge in [-0.2, -0.15) is 0 Å². The van der Waals surface area contributed by atoms with E-state index >= 15 is 0 Å². The normalized spacial score (nSPS) is 14.9. The maximum Gasteiger partial charge on any atom is 0.246 e. The van der Waals surface area contributed by atoms with Gasteiger partial charge in [-0.25, -0.2) is 5.84 Å². The summed E-state index contributed by atoms with van der Waals surface area (Å²) in [4.78, 5) is 11.3. The highest BCUT2D eigenvalue weighted by molar-refractivity contribution is 8.00. The van der Waals surface area contributed by atoms with Crippen LogP contribution in [0.2, 0.25) is 0 Å². The lowest BCUT2D eigenvalue weighted by molar-refractivity contribution is -0.120. The summed E-state index contributed by atoms with van der Waals surface area (Å²) in [6, 6.07) is 0. The zero-order valence-electron chi connectivity index (χ0n) is 8.82. The maximum atomic E-state index is 11.3. The second-order valence-corrected chi connectivity index (χ2v) is 4.64. The molecular formula is C9H20N2O2S. The standard InChI is InChI=1S/C9H20N2O2S/c1-3-4-8(9(13)11-10)14-6-7(2)5-12/h7-8,12H,3-6,10H2,1-2H3,(H,11,13). The Morgan fingerprint density at radius 1 is 1.64 bits per heavy atom. The Kier molecular flexibility index (Phi) is 7.93. The highest BCUT2D eigenvalue weighted by Crippen LogP contribution is 2.19. The van der Waals surface area contributed by atoms with Crippen LogP contribution >= 0.6 is 11.8 Å². The second-order valence-electron chi connectivity index (χ2n) is 3.41. The van der Waals surface area contributed by atoms with E-state index in [2.05, 4.69) is 5.43 Å². The van der Waals surface area contributed by atoms with Crippen LogP contribution < -0.4 is 11.3 Å². The smallest absolute Gasteiger partial charge is 0.246 e. The van der Waals surface area contributed by atoms with Crippen LogP contribution in [-0.2, 0) is 4.79 Å². The molecule has 0 fully saturated rings. The zero-order chi connectivity index (χ0) is 11.0. The van der Waals surface area contributed by atoms with Crippen LogP contribution in [0.25, 0.3) is 0 Å². The lowest BCUT2D eigenvalue weighted by Crippen LogP contribution is -2.38. The molecule has 5 heteroatoms. The van der Waals surface area contributed by atoms with Gasteiger partial charge in [0.25, 0.3) is 0 Å². The quantitative estimate of drug-likeness (QED) is 0.332. The molecular weight excluding hydrogens is 200 g/mol. The van der Waals surface area contributed by atoms with Gasteiger partial charge in [0.1, 0.15) is 0 Å². The molecule has 0 rings (SSSR count). The van der Waals surface area contributed by atoms with Crippen LogP contribution in [-0.4, -0.2) is 28.6 Å². The fourth-order valence-electron chi connectivity index (χ4n) is 0.978. The summed E-state index contributed by atoms with van der Waals surface area (Å²) >= 11 is 1.56. The number of hydrogen-bond acceptors (Lipinski definition) is 4. The lowest BCUT2D eigenvalue weighted by atomic mass is 10.2. The van der Waals surface area contributed by atoms with Crippen LogP contribution in [0.15, 0.2) is 0 Å². The van der Waals surface area contributed by atoms with Gasteiger partial charge in [0.05, 0.1) is 5.25 Å². The number of carbonyl (C=O) groups is 1. The average molecular weight is 220 g/mol. The third-order valence-electron chi connectivity index (χ3n) is 1.88. The zero-order valence-corrected chi connectivity index (χ0v) is 9.64. The molecule has 0 aromatic rings. The first-order valence-electron chi connectivity index (χ1n) is 4.88. The number of hydrazine groups is 1. The summed E-state index contributed by atoms with van der Waals surface area (Å²) in [5, 5.41) is 8.75. The molecule has 0 aliphatic rings. The van der Waals surface area contributed by atoms with Crippen LogP contribution in [0.1, 0.15) is 26.7 Å². The molecule has 4 N–H and O–H groups in total. The Bertz CT molecular complexity index is 167. The number of rotatable bonds is 7. The van der Waals surface area contributed by atoms with E-state index in [-0.39, 0.29) is 23.7 Å². The second kappa shape index (κ2) is 8.08. The molecule has 0 bridgehead atoms. The molecule has 0 aliphatic carbocycles. The summed E-state index contributed by atoms with van der Waals surface area (Å²) in [5.74, 6) is 5.97. The van der Waals surface area contributed by atoms with Crippen molar-refractivity contribution in [3.8, 4) is 0 Å². The van der Waals surface area contributed by atoms with Gasteiger partial charge in [-0.15, -0.1) is 11.8 Å². The monoisotopic (exact) mass is 220 g/mol. The van der Waals surface area contributed by atoms with Crippen molar-refractivity contribution < 1.29 is 9.90 Å². The fourth-order valence-corrected chi connectivity index (χ4v) is 2.27. The van der Waals surface area contributed by atoms with Crippen molar-refractivity contribution in [1.29, 1.82) is 0 Å². The number of aliphatic hydroxyl groups excluding tert-OH is 1. The van der Waals surface area contributed by atoms with E-state index in [0.717, 1.165) is 18.6 Å². The molecule has 0 aliphatic heterocycles. The van der Waals surface area contributed by atoms with Gasteiger partial charge in [-0.05, 0) is 18.1 Å². The van der Waals surface area contributed by atoms with E-state index in [9.17, 15) is 4.79 Å². The largest absolute Gasteiger partial charge is 0.396 e. The Labute approximate surface area is 89.6 Å². The van der Waals surface area contributed by atoms with Crippen LogP contribution in [0.4, 0.5) is 0 Å². The molecule has 1 amide bonds. The van der Waals surface area contributed by atoms with Crippen molar-refractivity contribution in [2.45, 2.75) is 31.9 Å². The Hall–Kier alpha value is -0.260. The number of nitrogens with one attached hydrogen (secondary N) is 1. The third kappa shape index (κ3) is 5.47. The van der Waals surface area contributed by atoms with E-state index in [1.807, 2.05) is 13.8 Å². The van der Waals surface area contributed by atoms with Crippen molar-refractivity contribution in [2.75, 3.05) is 12.4 Å². The number of thioether (sulfide) groups is 1. The number of amides is 1. The predicted octanol–water partition coefficient (Wildman–Crippen LogP) is 0.507. The summed E-state index contributed by atoms with van der Waals surface area (Å²) in [5.41, 5.74) is 2.17. The maximum absolute atomic E-state index is 11.3. The fraction of sp³-hybridized carbons (Fsp3) is 0.889. The summed E-state index contributed by atoms with van der Waals surface area (Å²) in [7, 11) is 0. The minimum Gasteiger partial charge on any atom is -0.396 e. The minimum absolute atomic E-state index is 0.0843. The molecule has 2 unspecified atom stereocenters. The first-order valence-corrected chi connectivity index (χ1v) is 5.93. The molecule has 0 heterocycles. The number of nitrogens with two attached hydrogens (primary N) is 1. The number of hydrogen-bond donors (Lipinski definition) is 3. The number of carbonyl (C=O) groups excluding carboxylic acids is 1. The highest BCUT2D eigenvalue weighted by atomic mass is 32.2. The van der Waals surface area contributed by atoms with Gasteiger partial charge in [-0.1, -0.05) is 20.3 Å². The van der Waals surface area contributed by atoms with E-state index in [4.69, 9.17) is 10.9 Å². The highest BCUT2D eigenvalue weighted by Gasteiger charge is 2.17. The van der Waals surface area contributed by atoms with Crippen LogP contribution in [0.5, 0.6) is 0 Å². The van der Waals surface area contributed by atoms with Gasteiger partial charge < -0.3 is 5.11 Å². The van der Waals surface area contributed by atoms with Gasteiger partial charge in [0.2, 0.25) is 5.91 Å². The van der Waals surface area contributed by atoms with E-state index in [1.54, 1.807) is 11.8 Å². The summed E-state index contributed by atoms with van der Waals surface area (Å²) in [6.45, 7) is 4.15. The van der Waals surface area contributed by atoms with E-state index in [1.165, 1.54) is 0 Å². The third-order valence-corrected chi connectivity index (χ3v) is 3.49. The van der Waals surface area contributed by atoms with Crippen molar-refractivity contribution in [1.82, 2.24) is 5.43 Å². The molecule has 4 nitrogen and oxygen atoms in total. The number of aliphatic hydroxyl groups is 1. The molecule has 0 spiro atoms. The van der Waals surface area contributed by atoms with E-state index < -0.39 is 0 Å².